The van der Waals surface area contributed by atoms with Crippen molar-refractivity contribution in [3.63, 3.8) is 0 Å². The lowest BCUT2D eigenvalue weighted by atomic mass is 10.0. The zero-order valence-electron chi connectivity index (χ0n) is 10.9. The fourth-order valence-corrected chi connectivity index (χ4v) is 3.35. The second-order valence-electron chi connectivity index (χ2n) is 4.91. The molecule has 0 saturated carbocycles. The molecule has 0 amide bonds. The second-order valence-corrected chi connectivity index (χ2v) is 6.17. The van der Waals surface area contributed by atoms with E-state index in [2.05, 4.69) is 40.2 Å². The monoisotopic (exact) mass is 356 g/mol. The molecule has 0 aliphatic rings. The Morgan fingerprint density at radius 2 is 1.71 bits per heavy atom. The van der Waals surface area contributed by atoms with E-state index in [1.807, 2.05) is 36.4 Å². The van der Waals surface area contributed by atoms with Gasteiger partial charge < -0.3 is 4.42 Å². The van der Waals surface area contributed by atoms with Crippen molar-refractivity contribution in [2.45, 2.75) is 0 Å². The van der Waals surface area contributed by atoms with Crippen LogP contribution in [0.2, 0.25) is 5.02 Å². The summed E-state index contributed by atoms with van der Waals surface area (Å²) in [5, 5.41) is 2.78. The molecule has 4 aromatic rings. The topological polar surface area (TPSA) is 13.1 Å². The van der Waals surface area contributed by atoms with Crippen molar-refractivity contribution >= 4 is 49.5 Å². The van der Waals surface area contributed by atoms with Gasteiger partial charge in [0.15, 0.2) is 5.58 Å². The minimum absolute atomic E-state index is 0.645. The maximum absolute atomic E-state index is 6.21. The van der Waals surface area contributed by atoms with Gasteiger partial charge in [-0.25, -0.2) is 0 Å². The van der Waals surface area contributed by atoms with Crippen LogP contribution in [0.25, 0.3) is 33.1 Å². The number of furan rings is 1. The van der Waals surface area contributed by atoms with Gasteiger partial charge in [-0.1, -0.05) is 63.9 Å². The minimum atomic E-state index is 0.645. The van der Waals surface area contributed by atoms with Crippen LogP contribution in [0.3, 0.4) is 0 Å². The van der Waals surface area contributed by atoms with Gasteiger partial charge >= 0.3 is 0 Å². The van der Waals surface area contributed by atoms with Crippen LogP contribution in [0.1, 0.15) is 0 Å². The summed E-state index contributed by atoms with van der Waals surface area (Å²) in [7, 11) is 0. The van der Waals surface area contributed by atoms with Crippen LogP contribution in [-0.2, 0) is 0 Å². The molecule has 102 valence electrons. The normalized spacial score (nSPS) is 11.3. The maximum Gasteiger partial charge on any atom is 0.153 e. The highest BCUT2D eigenvalue weighted by Gasteiger charge is 2.11. The summed E-state index contributed by atoms with van der Waals surface area (Å²) in [6.07, 6.45) is 0. The highest BCUT2D eigenvalue weighted by molar-refractivity contribution is 9.10. The molecule has 0 unspecified atom stereocenters. The third kappa shape index (κ3) is 2.06. The average Bonchev–Trinajstić information content (AvgIpc) is 2.87. The van der Waals surface area contributed by atoms with Crippen LogP contribution in [0.4, 0.5) is 0 Å². The molecular formula is C18H10BrClO. The Bertz CT molecular complexity index is 971. The van der Waals surface area contributed by atoms with Crippen LogP contribution < -0.4 is 0 Å². The molecule has 0 aliphatic carbocycles. The lowest BCUT2D eigenvalue weighted by molar-refractivity contribution is 0.669. The number of rotatable bonds is 1. The summed E-state index contributed by atoms with van der Waals surface area (Å²) in [5.41, 5.74) is 3.86. The van der Waals surface area contributed by atoms with E-state index in [1.54, 1.807) is 0 Å². The highest BCUT2D eigenvalue weighted by atomic mass is 79.9. The van der Waals surface area contributed by atoms with Gasteiger partial charge in [-0.3, -0.25) is 0 Å². The van der Waals surface area contributed by atoms with E-state index < -0.39 is 0 Å². The molecule has 0 spiro atoms. The van der Waals surface area contributed by atoms with E-state index in [1.165, 1.54) is 0 Å². The van der Waals surface area contributed by atoms with Crippen molar-refractivity contribution < 1.29 is 4.42 Å². The highest BCUT2D eigenvalue weighted by Crippen LogP contribution is 2.36. The molecule has 4 rings (SSSR count). The minimum Gasteiger partial charge on any atom is -0.454 e. The van der Waals surface area contributed by atoms with Crippen molar-refractivity contribution in [3.05, 3.63) is 70.2 Å². The molecular weight excluding hydrogens is 348 g/mol. The van der Waals surface area contributed by atoms with E-state index >= 15 is 0 Å². The van der Waals surface area contributed by atoms with Crippen molar-refractivity contribution in [3.8, 4) is 11.1 Å². The first-order valence-corrected chi connectivity index (χ1v) is 7.77. The number of para-hydroxylation sites is 1. The number of hydrogen-bond acceptors (Lipinski definition) is 1. The molecule has 0 radical (unpaired) electrons. The van der Waals surface area contributed by atoms with Gasteiger partial charge in [0, 0.05) is 15.2 Å². The quantitative estimate of drug-likeness (QED) is 0.371. The Labute approximate surface area is 135 Å². The molecule has 0 fully saturated rings. The summed E-state index contributed by atoms with van der Waals surface area (Å²) in [5.74, 6) is 0. The third-order valence-electron chi connectivity index (χ3n) is 3.64. The summed E-state index contributed by atoms with van der Waals surface area (Å²) in [6, 6.07) is 20.2. The Morgan fingerprint density at radius 3 is 2.57 bits per heavy atom. The number of fused-ring (bicyclic) bond motifs is 3. The summed E-state index contributed by atoms with van der Waals surface area (Å²) >= 11 is 9.80. The fourth-order valence-electron chi connectivity index (χ4n) is 2.63. The molecule has 0 saturated heterocycles. The van der Waals surface area contributed by atoms with Crippen molar-refractivity contribution in [2.75, 3.05) is 0 Å². The molecule has 0 aliphatic heterocycles. The smallest absolute Gasteiger partial charge is 0.153 e. The molecule has 0 N–H and O–H groups in total. The van der Waals surface area contributed by atoms with Crippen LogP contribution >= 0.6 is 27.5 Å². The maximum atomic E-state index is 6.21. The molecule has 0 bridgehead atoms. The van der Waals surface area contributed by atoms with E-state index in [4.69, 9.17) is 16.0 Å². The molecule has 3 heteroatoms. The van der Waals surface area contributed by atoms with E-state index in [9.17, 15) is 0 Å². The molecule has 0 atom stereocenters. The van der Waals surface area contributed by atoms with Crippen LogP contribution in [0.15, 0.2) is 69.6 Å². The van der Waals surface area contributed by atoms with Crippen molar-refractivity contribution in [1.82, 2.24) is 0 Å². The predicted molar refractivity (Wildman–Crippen MR) is 91.9 cm³/mol. The Morgan fingerprint density at radius 1 is 0.857 bits per heavy atom. The summed E-state index contributed by atoms with van der Waals surface area (Å²) in [6.45, 7) is 0. The average molecular weight is 358 g/mol. The van der Waals surface area contributed by atoms with Gasteiger partial charge in [0.1, 0.15) is 5.58 Å². The Balaban J connectivity index is 2.01. The van der Waals surface area contributed by atoms with E-state index in [-0.39, 0.29) is 0 Å². The first-order valence-electron chi connectivity index (χ1n) is 6.60. The SMILES string of the molecule is Clc1cccc2c1oc1cc(-c3ccccc3Br)ccc12. The van der Waals surface area contributed by atoms with Gasteiger partial charge in [0.2, 0.25) is 0 Å². The first kappa shape index (κ1) is 12.9. The standard InChI is InChI=1S/C18H10BrClO/c19-15-6-2-1-4-12(15)11-8-9-13-14-5-3-7-16(20)18(14)21-17(13)10-11/h1-10H. The fraction of sp³-hybridized carbons (Fsp3) is 0. The van der Waals surface area contributed by atoms with Crippen molar-refractivity contribution in [1.29, 1.82) is 0 Å². The molecule has 1 nitrogen and oxygen atoms in total. The first-order chi connectivity index (χ1) is 10.2. The summed E-state index contributed by atoms with van der Waals surface area (Å²) in [4.78, 5) is 0. The molecule has 1 aromatic heterocycles. The lowest BCUT2D eigenvalue weighted by Crippen LogP contribution is -1.78. The van der Waals surface area contributed by atoms with Gasteiger partial charge in [0.05, 0.1) is 5.02 Å². The zero-order valence-corrected chi connectivity index (χ0v) is 13.3. The second kappa shape index (κ2) is 4.90. The zero-order chi connectivity index (χ0) is 14.4. The van der Waals surface area contributed by atoms with Gasteiger partial charge in [-0.2, -0.15) is 0 Å². The Kier molecular flexibility index (Phi) is 3.02. The molecule has 1 heterocycles. The lowest BCUT2D eigenvalue weighted by Gasteiger charge is -2.04. The van der Waals surface area contributed by atoms with Crippen LogP contribution in [0.5, 0.6) is 0 Å². The third-order valence-corrected chi connectivity index (χ3v) is 4.62. The predicted octanol–water partition coefficient (Wildman–Crippen LogP) is 6.67. The number of halogens is 2. The van der Waals surface area contributed by atoms with E-state index in [0.717, 1.165) is 37.5 Å². The molecule has 3 aromatic carbocycles. The largest absolute Gasteiger partial charge is 0.454 e. The van der Waals surface area contributed by atoms with Crippen LogP contribution in [-0.4, -0.2) is 0 Å². The molecule has 21 heavy (non-hydrogen) atoms. The number of benzene rings is 3. The van der Waals surface area contributed by atoms with Crippen molar-refractivity contribution in [2.24, 2.45) is 0 Å². The Hall–Kier alpha value is -1.77. The van der Waals surface area contributed by atoms with E-state index in [0.29, 0.717) is 5.02 Å². The van der Waals surface area contributed by atoms with Gasteiger partial charge in [0.25, 0.3) is 0 Å². The number of hydrogen-bond donors (Lipinski definition) is 0. The van der Waals surface area contributed by atoms with Crippen LogP contribution in [0, 0.1) is 0 Å². The summed E-state index contributed by atoms with van der Waals surface area (Å²) < 4.78 is 7.01. The van der Waals surface area contributed by atoms with Gasteiger partial charge in [-0.15, -0.1) is 0 Å². The van der Waals surface area contributed by atoms with Gasteiger partial charge in [-0.05, 0) is 35.4 Å².